The third kappa shape index (κ3) is 64.7. The third-order valence-electron chi connectivity index (χ3n) is 15.6. The van der Waals surface area contributed by atoms with Crippen molar-refractivity contribution in [3.63, 3.8) is 0 Å². The van der Waals surface area contributed by atoms with Gasteiger partial charge in [0.2, 0.25) is 0 Å². The number of hydrogen-bond donors (Lipinski definition) is 1. The van der Waals surface area contributed by atoms with Crippen LogP contribution in [0.1, 0.15) is 335 Å². The molecular formula is C72H134NO8+. The fraction of sp³-hybridized carbons (Fsp3) is 0.847. The molecule has 9 nitrogen and oxygen atoms in total. The van der Waals surface area contributed by atoms with Crippen LogP contribution in [0, 0.1) is 0 Å². The van der Waals surface area contributed by atoms with Gasteiger partial charge in [-0.2, -0.15) is 0 Å². The summed E-state index contributed by atoms with van der Waals surface area (Å²) in [5.41, 5.74) is 0. The van der Waals surface area contributed by atoms with E-state index < -0.39 is 24.3 Å². The number of carbonyl (C=O) groups excluding carboxylic acids is 2. The number of carboxylic acid groups (broad SMARTS) is 1. The lowest BCUT2D eigenvalue weighted by molar-refractivity contribution is -0.870. The SMILES string of the molecule is CC/C=C\C/C=C\C/C=C\CCCCCCCC(=O)OC(COC(=O)CCCCCCCCCCCCCCCCCCCCCCCCCCCCCCC/C=C\CCCCCCCCCC)COC(OCC[N+](C)(C)C)C(=O)O. The predicted octanol–water partition coefficient (Wildman–Crippen LogP) is 21.4. The number of likely N-dealkylation sites (N-methyl/N-ethyl adjacent to an activating group) is 1. The molecule has 0 aromatic carbocycles. The minimum absolute atomic E-state index is 0.184. The standard InChI is InChI=1S/C72H133NO8/c1-6-8-10-12-14-16-18-20-22-23-24-25-26-27-28-29-30-31-32-33-34-35-36-37-38-39-40-41-42-43-44-45-46-47-49-50-52-54-56-58-60-62-69(74)79-66-68(67-80-72(71(76)77)78-65-64-73(3,4)5)81-70(75)63-61-59-57-55-53-51-48-21-19-17-15-13-11-9-7-2/h9,11,15,17,21,23-24,48,68,72H,6-8,10,12-14,16,18-20,22,25-47,49-67H2,1-5H3/p+1/b11-9-,17-15-,24-23-,48-21-. The van der Waals surface area contributed by atoms with E-state index in [0.29, 0.717) is 23.9 Å². The second kappa shape index (κ2) is 63.3. The zero-order valence-electron chi connectivity index (χ0n) is 54.2. The van der Waals surface area contributed by atoms with Crippen molar-refractivity contribution in [1.82, 2.24) is 0 Å². The topological polar surface area (TPSA) is 108 Å². The van der Waals surface area contributed by atoms with Crippen LogP contribution in [0.25, 0.3) is 0 Å². The molecule has 0 aliphatic heterocycles. The molecule has 1 N–H and O–H groups in total. The Bertz CT molecular complexity index is 1470. The van der Waals surface area contributed by atoms with Gasteiger partial charge in [-0.1, -0.05) is 300 Å². The summed E-state index contributed by atoms with van der Waals surface area (Å²) in [6.07, 6.45) is 78.4. The Hall–Kier alpha value is -2.75. The number of allylic oxidation sites excluding steroid dienone is 8. The van der Waals surface area contributed by atoms with Crippen molar-refractivity contribution in [2.45, 2.75) is 347 Å². The molecule has 2 atom stereocenters. The molecule has 0 fully saturated rings. The van der Waals surface area contributed by atoms with Crippen molar-refractivity contribution in [3.05, 3.63) is 48.6 Å². The van der Waals surface area contributed by atoms with Gasteiger partial charge in [0, 0.05) is 12.8 Å². The summed E-state index contributed by atoms with van der Waals surface area (Å²) in [7, 11) is 5.97. The summed E-state index contributed by atoms with van der Waals surface area (Å²) >= 11 is 0. The van der Waals surface area contributed by atoms with E-state index in [-0.39, 0.29) is 32.2 Å². The zero-order valence-corrected chi connectivity index (χ0v) is 54.2. The highest BCUT2D eigenvalue weighted by Crippen LogP contribution is 2.18. The number of rotatable bonds is 65. The maximum atomic E-state index is 12.9. The monoisotopic (exact) mass is 1140 g/mol. The maximum absolute atomic E-state index is 12.9. The predicted molar refractivity (Wildman–Crippen MR) is 346 cm³/mol. The van der Waals surface area contributed by atoms with Gasteiger partial charge in [-0.15, -0.1) is 0 Å². The summed E-state index contributed by atoms with van der Waals surface area (Å²) in [5.74, 6) is -2.01. The highest BCUT2D eigenvalue weighted by molar-refractivity contribution is 5.71. The average Bonchev–Trinajstić information content (AvgIpc) is 3.44. The Morgan fingerprint density at radius 3 is 1.06 bits per heavy atom. The molecule has 0 spiro atoms. The summed E-state index contributed by atoms with van der Waals surface area (Å²) in [6.45, 7) is 4.78. The summed E-state index contributed by atoms with van der Waals surface area (Å²) in [6, 6.07) is 0. The maximum Gasteiger partial charge on any atom is 0.361 e. The molecule has 0 aromatic rings. The van der Waals surface area contributed by atoms with E-state index in [4.69, 9.17) is 18.9 Å². The molecule has 0 aliphatic rings. The molecule has 0 amide bonds. The fourth-order valence-electron chi connectivity index (χ4n) is 10.3. The van der Waals surface area contributed by atoms with Crippen molar-refractivity contribution in [2.24, 2.45) is 0 Å². The molecule has 0 saturated heterocycles. The number of carbonyl (C=O) groups is 3. The van der Waals surface area contributed by atoms with E-state index in [9.17, 15) is 19.5 Å². The molecule has 0 aromatic heterocycles. The Kier molecular flexibility index (Phi) is 61.1. The van der Waals surface area contributed by atoms with Gasteiger partial charge < -0.3 is 28.5 Å². The summed E-state index contributed by atoms with van der Waals surface area (Å²) in [5, 5.41) is 9.71. The van der Waals surface area contributed by atoms with E-state index in [2.05, 4.69) is 62.5 Å². The minimum Gasteiger partial charge on any atom is -0.477 e. The first-order valence-electron chi connectivity index (χ1n) is 34.8. The fourth-order valence-corrected chi connectivity index (χ4v) is 10.3. The van der Waals surface area contributed by atoms with E-state index >= 15 is 0 Å². The molecule has 2 unspecified atom stereocenters. The molecule has 0 saturated carbocycles. The van der Waals surface area contributed by atoms with Gasteiger partial charge in [0.05, 0.1) is 34.4 Å². The lowest BCUT2D eigenvalue weighted by Crippen LogP contribution is -2.40. The number of quaternary nitrogens is 1. The van der Waals surface area contributed by atoms with Crippen LogP contribution >= 0.6 is 0 Å². The van der Waals surface area contributed by atoms with Gasteiger partial charge in [-0.3, -0.25) is 9.59 Å². The largest absolute Gasteiger partial charge is 0.477 e. The molecule has 0 rings (SSSR count). The summed E-state index contributed by atoms with van der Waals surface area (Å²) in [4.78, 5) is 37.4. The third-order valence-corrected chi connectivity index (χ3v) is 15.6. The molecule has 81 heavy (non-hydrogen) atoms. The molecule has 9 heteroatoms. The van der Waals surface area contributed by atoms with Crippen molar-refractivity contribution in [1.29, 1.82) is 0 Å². The Balaban J connectivity index is 3.88. The number of nitrogens with zero attached hydrogens (tertiary/aromatic N) is 1. The van der Waals surface area contributed by atoms with Crippen LogP contribution in [0.5, 0.6) is 0 Å². The van der Waals surface area contributed by atoms with Gasteiger partial charge in [-0.05, 0) is 70.6 Å². The molecule has 0 bridgehead atoms. The van der Waals surface area contributed by atoms with Crippen molar-refractivity contribution < 1.29 is 42.9 Å². The number of ether oxygens (including phenoxy) is 4. The Morgan fingerprint density at radius 2 is 0.704 bits per heavy atom. The Morgan fingerprint density at radius 1 is 0.383 bits per heavy atom. The lowest BCUT2D eigenvalue weighted by Gasteiger charge is -2.25. The quantitative estimate of drug-likeness (QED) is 0.0211. The highest BCUT2D eigenvalue weighted by atomic mass is 16.7. The summed E-state index contributed by atoms with van der Waals surface area (Å²) < 4.78 is 22.9. The lowest BCUT2D eigenvalue weighted by atomic mass is 10.0. The van der Waals surface area contributed by atoms with Gasteiger partial charge in [0.25, 0.3) is 6.29 Å². The van der Waals surface area contributed by atoms with Crippen LogP contribution < -0.4 is 0 Å². The number of unbranched alkanes of at least 4 members (excludes halogenated alkanes) is 42. The van der Waals surface area contributed by atoms with Crippen LogP contribution in [0.2, 0.25) is 0 Å². The first-order chi connectivity index (χ1) is 39.6. The highest BCUT2D eigenvalue weighted by Gasteiger charge is 2.25. The van der Waals surface area contributed by atoms with E-state index in [1.54, 1.807) is 0 Å². The van der Waals surface area contributed by atoms with E-state index in [0.717, 1.165) is 70.6 Å². The van der Waals surface area contributed by atoms with Crippen LogP contribution in [-0.2, 0) is 33.3 Å². The number of aliphatic carboxylic acids is 1. The van der Waals surface area contributed by atoms with Gasteiger partial charge >= 0.3 is 17.9 Å². The van der Waals surface area contributed by atoms with Crippen LogP contribution in [-0.4, -0.2) is 87.4 Å². The normalized spacial score (nSPS) is 13.0. The van der Waals surface area contributed by atoms with Crippen molar-refractivity contribution in [3.8, 4) is 0 Å². The molecule has 0 aliphatic carbocycles. The van der Waals surface area contributed by atoms with Gasteiger partial charge in [0.1, 0.15) is 13.2 Å². The van der Waals surface area contributed by atoms with E-state index in [1.165, 1.54) is 231 Å². The second-order valence-electron chi connectivity index (χ2n) is 24.8. The zero-order chi connectivity index (χ0) is 59.1. The number of esters is 2. The van der Waals surface area contributed by atoms with E-state index in [1.807, 2.05) is 21.1 Å². The number of carboxylic acids is 1. The molecular weight excluding hydrogens is 1010 g/mol. The smallest absolute Gasteiger partial charge is 0.361 e. The first-order valence-corrected chi connectivity index (χ1v) is 34.8. The van der Waals surface area contributed by atoms with Crippen LogP contribution in [0.3, 0.4) is 0 Å². The first kappa shape index (κ1) is 78.2. The van der Waals surface area contributed by atoms with Crippen molar-refractivity contribution in [2.75, 3.05) is 47.5 Å². The van der Waals surface area contributed by atoms with Crippen molar-refractivity contribution >= 4 is 17.9 Å². The van der Waals surface area contributed by atoms with Crippen LogP contribution in [0.4, 0.5) is 0 Å². The second-order valence-corrected chi connectivity index (χ2v) is 24.8. The number of hydrogen-bond acceptors (Lipinski definition) is 7. The molecule has 0 radical (unpaired) electrons. The average molecular weight is 1140 g/mol. The van der Waals surface area contributed by atoms with Crippen LogP contribution in [0.15, 0.2) is 48.6 Å². The van der Waals surface area contributed by atoms with Gasteiger partial charge in [-0.25, -0.2) is 4.79 Å². The molecule has 0 heterocycles. The minimum atomic E-state index is -1.51. The Labute approximate surface area is 502 Å². The molecule has 474 valence electrons. The van der Waals surface area contributed by atoms with Gasteiger partial charge in [0.15, 0.2) is 6.10 Å².